The van der Waals surface area contributed by atoms with Gasteiger partial charge in [0, 0.05) is 24.4 Å². The van der Waals surface area contributed by atoms with Crippen molar-refractivity contribution in [2.45, 2.75) is 46.2 Å². The molecule has 0 spiro atoms. The van der Waals surface area contributed by atoms with Gasteiger partial charge in [-0.05, 0) is 56.8 Å². The highest BCUT2D eigenvalue weighted by Gasteiger charge is 2.18. The molecule has 1 fully saturated rings. The van der Waals surface area contributed by atoms with E-state index in [9.17, 15) is 0 Å². The number of ether oxygens (including phenoxy) is 1. The standard InChI is InChI=1S/C18H28N4OS/c1-13(2)19-18(24)21-20-14(3)15-7-8-17(23-4)16(11-15)12-22-9-5-6-10-22/h7-8,11,13H,5-6,9-10,12H2,1-4H3,(H2,19,21,24)/p+1/b20-14-. The Morgan fingerprint density at radius 1 is 1.33 bits per heavy atom. The number of benzene rings is 1. The fourth-order valence-corrected chi connectivity index (χ4v) is 3.24. The minimum absolute atomic E-state index is 0.288. The molecule has 1 aromatic carbocycles. The molecule has 24 heavy (non-hydrogen) atoms. The van der Waals surface area contributed by atoms with Crippen LogP contribution >= 0.6 is 12.2 Å². The quantitative estimate of drug-likeness (QED) is 0.414. The molecule has 0 aliphatic carbocycles. The predicted octanol–water partition coefficient (Wildman–Crippen LogP) is 1.47. The van der Waals surface area contributed by atoms with Crippen molar-refractivity contribution in [1.82, 2.24) is 10.7 Å². The van der Waals surface area contributed by atoms with Gasteiger partial charge in [-0.2, -0.15) is 5.10 Å². The lowest BCUT2D eigenvalue weighted by Gasteiger charge is -2.16. The zero-order valence-corrected chi connectivity index (χ0v) is 15.9. The summed E-state index contributed by atoms with van der Waals surface area (Å²) in [5.41, 5.74) is 6.14. The number of hydrogen-bond acceptors (Lipinski definition) is 3. The largest absolute Gasteiger partial charge is 0.496 e. The SMILES string of the molecule is COc1ccc(/C(C)=N\NC(=S)NC(C)C)cc1C[NH+]1CCCC1. The molecule has 132 valence electrons. The van der Waals surface area contributed by atoms with E-state index in [0.29, 0.717) is 5.11 Å². The highest BCUT2D eigenvalue weighted by molar-refractivity contribution is 7.80. The molecule has 3 N–H and O–H groups in total. The van der Waals surface area contributed by atoms with Gasteiger partial charge < -0.3 is 15.0 Å². The Balaban J connectivity index is 2.09. The molecule has 6 heteroatoms. The van der Waals surface area contributed by atoms with E-state index in [0.717, 1.165) is 23.6 Å². The average molecular weight is 350 g/mol. The Morgan fingerprint density at radius 3 is 2.67 bits per heavy atom. The van der Waals surface area contributed by atoms with Crippen LogP contribution in [0.1, 0.15) is 44.7 Å². The Kier molecular flexibility index (Phi) is 6.99. The monoisotopic (exact) mass is 349 g/mol. The van der Waals surface area contributed by atoms with E-state index in [2.05, 4.69) is 21.9 Å². The summed E-state index contributed by atoms with van der Waals surface area (Å²) in [6.07, 6.45) is 2.64. The van der Waals surface area contributed by atoms with Gasteiger partial charge in [-0.3, -0.25) is 5.43 Å². The summed E-state index contributed by atoms with van der Waals surface area (Å²) in [5.74, 6) is 0.955. The van der Waals surface area contributed by atoms with E-state index in [1.54, 1.807) is 12.0 Å². The van der Waals surface area contributed by atoms with E-state index >= 15 is 0 Å². The number of methoxy groups -OCH3 is 1. The summed E-state index contributed by atoms with van der Waals surface area (Å²) < 4.78 is 5.53. The molecular weight excluding hydrogens is 320 g/mol. The zero-order chi connectivity index (χ0) is 17.5. The van der Waals surface area contributed by atoms with Crippen molar-refractivity contribution in [2.24, 2.45) is 5.10 Å². The molecule has 0 bridgehead atoms. The maximum atomic E-state index is 5.53. The molecular formula is C18H29N4OS+. The number of nitrogens with one attached hydrogen (secondary N) is 3. The molecule has 0 saturated carbocycles. The van der Waals surface area contributed by atoms with Crippen molar-refractivity contribution >= 4 is 23.0 Å². The number of rotatable bonds is 6. The number of thiocarbonyl (C=S) groups is 1. The van der Waals surface area contributed by atoms with Gasteiger partial charge in [-0.1, -0.05) is 0 Å². The highest BCUT2D eigenvalue weighted by Crippen LogP contribution is 2.20. The second kappa shape index (κ2) is 8.99. The van der Waals surface area contributed by atoms with E-state index < -0.39 is 0 Å². The summed E-state index contributed by atoms with van der Waals surface area (Å²) in [4.78, 5) is 1.63. The highest BCUT2D eigenvalue weighted by atomic mass is 32.1. The van der Waals surface area contributed by atoms with Crippen LogP contribution in [0, 0.1) is 0 Å². The van der Waals surface area contributed by atoms with Gasteiger partial charge in [-0.15, -0.1) is 0 Å². The van der Waals surface area contributed by atoms with Crippen molar-refractivity contribution in [3.8, 4) is 5.75 Å². The summed E-state index contributed by atoms with van der Waals surface area (Å²) in [6.45, 7) is 9.57. The van der Waals surface area contributed by atoms with Crippen molar-refractivity contribution in [2.75, 3.05) is 20.2 Å². The first kappa shape index (κ1) is 18.7. The maximum Gasteiger partial charge on any atom is 0.187 e. The summed E-state index contributed by atoms with van der Waals surface area (Å²) in [7, 11) is 1.73. The predicted molar refractivity (Wildman–Crippen MR) is 103 cm³/mol. The molecule has 0 atom stereocenters. The molecule has 0 aromatic heterocycles. The van der Waals surface area contributed by atoms with Crippen LogP contribution in [0.3, 0.4) is 0 Å². The van der Waals surface area contributed by atoms with Crippen LogP contribution in [0.5, 0.6) is 5.75 Å². The second-order valence-corrected chi connectivity index (χ2v) is 7.01. The number of hydrogen-bond donors (Lipinski definition) is 3. The third-order valence-electron chi connectivity index (χ3n) is 4.19. The van der Waals surface area contributed by atoms with Crippen LogP contribution in [-0.2, 0) is 6.54 Å². The first-order valence-corrected chi connectivity index (χ1v) is 9.02. The van der Waals surface area contributed by atoms with E-state index in [1.807, 2.05) is 32.9 Å². The second-order valence-electron chi connectivity index (χ2n) is 6.60. The van der Waals surface area contributed by atoms with Gasteiger partial charge >= 0.3 is 0 Å². The lowest BCUT2D eigenvalue weighted by atomic mass is 10.1. The van der Waals surface area contributed by atoms with Gasteiger partial charge in [-0.25, -0.2) is 0 Å². The Labute approximate surface area is 150 Å². The van der Waals surface area contributed by atoms with E-state index in [4.69, 9.17) is 17.0 Å². The van der Waals surface area contributed by atoms with E-state index in [1.165, 1.54) is 31.5 Å². The molecule has 1 aromatic rings. The van der Waals surface area contributed by atoms with Crippen molar-refractivity contribution in [3.05, 3.63) is 29.3 Å². The summed E-state index contributed by atoms with van der Waals surface area (Å²) in [6, 6.07) is 6.55. The van der Waals surface area contributed by atoms with Gasteiger partial charge in [0.25, 0.3) is 0 Å². The smallest absolute Gasteiger partial charge is 0.187 e. The van der Waals surface area contributed by atoms with Gasteiger partial charge in [0.1, 0.15) is 12.3 Å². The Hall–Kier alpha value is -1.66. The molecule has 2 rings (SSSR count). The average Bonchev–Trinajstić information content (AvgIpc) is 3.05. The van der Waals surface area contributed by atoms with Crippen LogP contribution < -0.4 is 20.4 Å². The number of likely N-dealkylation sites (tertiary alicyclic amines) is 1. The van der Waals surface area contributed by atoms with Gasteiger partial charge in [0.05, 0.1) is 25.9 Å². The Bertz CT molecular complexity index is 595. The first-order valence-electron chi connectivity index (χ1n) is 8.61. The molecule has 0 amide bonds. The zero-order valence-electron chi connectivity index (χ0n) is 15.1. The molecule has 0 unspecified atom stereocenters. The molecule has 1 aliphatic rings. The summed E-state index contributed by atoms with van der Waals surface area (Å²) in [5, 5.41) is 8.05. The topological polar surface area (TPSA) is 50.1 Å². The molecule has 1 heterocycles. The normalized spacial score (nSPS) is 15.6. The van der Waals surface area contributed by atoms with Crippen LogP contribution in [0.2, 0.25) is 0 Å². The van der Waals surface area contributed by atoms with Gasteiger partial charge in [0.2, 0.25) is 0 Å². The van der Waals surface area contributed by atoms with Crippen LogP contribution in [0.15, 0.2) is 23.3 Å². The van der Waals surface area contributed by atoms with Crippen molar-refractivity contribution in [3.63, 3.8) is 0 Å². The third-order valence-corrected chi connectivity index (χ3v) is 4.40. The van der Waals surface area contributed by atoms with Crippen LogP contribution in [0.25, 0.3) is 0 Å². The molecule has 1 saturated heterocycles. The number of hydrazone groups is 1. The molecule has 5 nitrogen and oxygen atoms in total. The van der Waals surface area contributed by atoms with E-state index in [-0.39, 0.29) is 6.04 Å². The van der Waals surface area contributed by atoms with Crippen molar-refractivity contribution in [1.29, 1.82) is 0 Å². The van der Waals surface area contributed by atoms with Crippen LogP contribution in [-0.4, -0.2) is 37.1 Å². The first-order chi connectivity index (χ1) is 11.5. The lowest BCUT2D eigenvalue weighted by Crippen LogP contribution is -3.08. The fraction of sp³-hybridized carbons (Fsp3) is 0.556. The van der Waals surface area contributed by atoms with Crippen molar-refractivity contribution < 1.29 is 9.64 Å². The third kappa shape index (κ3) is 5.46. The minimum atomic E-state index is 0.288. The Morgan fingerprint density at radius 2 is 2.04 bits per heavy atom. The summed E-state index contributed by atoms with van der Waals surface area (Å²) >= 11 is 5.21. The van der Waals surface area contributed by atoms with Crippen LogP contribution in [0.4, 0.5) is 0 Å². The fourth-order valence-electron chi connectivity index (χ4n) is 2.96. The maximum absolute atomic E-state index is 5.53. The minimum Gasteiger partial charge on any atom is -0.496 e. The number of quaternary nitrogens is 1. The molecule has 0 radical (unpaired) electrons. The molecule has 1 aliphatic heterocycles. The lowest BCUT2D eigenvalue weighted by molar-refractivity contribution is -0.901. The number of nitrogens with zero attached hydrogens (tertiary/aromatic N) is 1. The van der Waals surface area contributed by atoms with Gasteiger partial charge in [0.15, 0.2) is 5.11 Å².